The van der Waals surface area contributed by atoms with Crippen molar-refractivity contribution in [2.45, 2.75) is 19.8 Å². The zero-order valence-corrected chi connectivity index (χ0v) is 14.7. The van der Waals surface area contributed by atoms with Crippen LogP contribution in [0, 0.1) is 0 Å². The lowest BCUT2D eigenvalue weighted by Gasteiger charge is -2.02. The molecule has 5 heteroatoms. The van der Waals surface area contributed by atoms with Crippen molar-refractivity contribution in [1.82, 2.24) is 0 Å². The molecule has 3 heterocycles. The molecule has 0 aliphatic rings. The Balaban J connectivity index is 1.88. The fourth-order valence-electron chi connectivity index (χ4n) is 2.26. The molecule has 0 radical (unpaired) electrons. The molecular formula is C17H16O2S3. The maximum Gasteiger partial charge on any atom is 0.306 e. The van der Waals surface area contributed by atoms with Crippen LogP contribution >= 0.6 is 34.0 Å². The molecule has 0 bridgehead atoms. The van der Waals surface area contributed by atoms with Gasteiger partial charge in [-0.25, -0.2) is 0 Å². The highest BCUT2D eigenvalue weighted by Crippen LogP contribution is 2.40. The number of carbonyl (C=O) groups excluding carboxylic acids is 1. The van der Waals surface area contributed by atoms with Crippen molar-refractivity contribution >= 4 is 40.0 Å². The normalized spacial score (nSPS) is 10.8. The van der Waals surface area contributed by atoms with Crippen LogP contribution in [0.3, 0.4) is 0 Å². The maximum atomic E-state index is 11.6. The van der Waals surface area contributed by atoms with Crippen molar-refractivity contribution in [2.75, 3.05) is 6.61 Å². The molecule has 0 unspecified atom stereocenters. The summed E-state index contributed by atoms with van der Waals surface area (Å²) in [4.78, 5) is 15.5. The van der Waals surface area contributed by atoms with E-state index < -0.39 is 0 Å². The molecule has 0 N–H and O–H groups in total. The third kappa shape index (κ3) is 3.48. The molecule has 0 aliphatic carbocycles. The van der Waals surface area contributed by atoms with Crippen LogP contribution in [-0.2, 0) is 16.0 Å². The molecule has 0 atom stereocenters. The predicted octanol–water partition coefficient (Wildman–Crippen LogP) is 5.70. The van der Waals surface area contributed by atoms with Crippen LogP contribution in [0.2, 0.25) is 0 Å². The van der Waals surface area contributed by atoms with E-state index >= 15 is 0 Å². The monoisotopic (exact) mass is 348 g/mol. The highest BCUT2D eigenvalue weighted by molar-refractivity contribution is 7.23. The minimum Gasteiger partial charge on any atom is -0.466 e. The number of thiophene rings is 3. The van der Waals surface area contributed by atoms with Crippen molar-refractivity contribution in [2.24, 2.45) is 0 Å². The predicted molar refractivity (Wildman–Crippen MR) is 95.9 cm³/mol. The Morgan fingerprint density at radius 3 is 2.82 bits per heavy atom. The van der Waals surface area contributed by atoms with Gasteiger partial charge in [0.2, 0.25) is 0 Å². The molecule has 0 spiro atoms. The van der Waals surface area contributed by atoms with Crippen LogP contribution in [0.5, 0.6) is 0 Å². The first-order chi connectivity index (χ1) is 10.8. The quantitative estimate of drug-likeness (QED) is 0.534. The van der Waals surface area contributed by atoms with E-state index in [9.17, 15) is 4.79 Å². The average Bonchev–Trinajstić information content (AvgIpc) is 3.24. The number of esters is 1. The third-order valence-electron chi connectivity index (χ3n) is 3.26. The SMILES string of the molecule is CCOC(=O)CCc1cc(-c2cccs2)sc1-c1ccsc1. The first kappa shape index (κ1) is 15.5. The van der Waals surface area contributed by atoms with Crippen molar-refractivity contribution in [3.8, 4) is 20.2 Å². The number of aryl methyl sites for hydroxylation is 1. The highest BCUT2D eigenvalue weighted by atomic mass is 32.1. The second kappa shape index (κ2) is 7.22. The molecule has 2 nitrogen and oxygen atoms in total. The maximum absolute atomic E-state index is 11.6. The minimum absolute atomic E-state index is 0.123. The lowest BCUT2D eigenvalue weighted by molar-refractivity contribution is -0.143. The fourth-order valence-corrected chi connectivity index (χ4v) is 5.02. The van der Waals surface area contributed by atoms with Crippen LogP contribution in [0.1, 0.15) is 18.9 Å². The molecule has 0 fully saturated rings. The summed E-state index contributed by atoms with van der Waals surface area (Å²) in [5, 5.41) is 6.35. The zero-order valence-electron chi connectivity index (χ0n) is 12.2. The van der Waals surface area contributed by atoms with Gasteiger partial charge in [-0.1, -0.05) is 6.07 Å². The molecule has 3 aromatic rings. The van der Waals surface area contributed by atoms with Gasteiger partial charge in [0.15, 0.2) is 0 Å². The molecule has 0 saturated heterocycles. The van der Waals surface area contributed by atoms with Crippen molar-refractivity contribution in [3.05, 3.63) is 46.0 Å². The Morgan fingerprint density at radius 2 is 2.14 bits per heavy atom. The Hall–Kier alpha value is -1.43. The van der Waals surface area contributed by atoms with Crippen molar-refractivity contribution in [3.63, 3.8) is 0 Å². The summed E-state index contributed by atoms with van der Waals surface area (Å²) in [6.45, 7) is 2.29. The van der Waals surface area contributed by atoms with E-state index in [0.717, 1.165) is 6.42 Å². The third-order valence-corrected chi connectivity index (χ3v) is 6.24. The van der Waals surface area contributed by atoms with Gasteiger partial charge in [-0.05, 0) is 53.2 Å². The summed E-state index contributed by atoms with van der Waals surface area (Å²) in [5.74, 6) is -0.123. The molecule has 0 amide bonds. The number of carbonyl (C=O) groups is 1. The summed E-state index contributed by atoms with van der Waals surface area (Å²) in [6, 6.07) is 8.58. The lowest BCUT2D eigenvalue weighted by atomic mass is 10.1. The van der Waals surface area contributed by atoms with Gasteiger partial charge in [-0.3, -0.25) is 4.79 Å². The van der Waals surface area contributed by atoms with Gasteiger partial charge in [-0.2, -0.15) is 11.3 Å². The van der Waals surface area contributed by atoms with Crippen LogP contribution < -0.4 is 0 Å². The molecule has 114 valence electrons. The van der Waals surface area contributed by atoms with E-state index in [1.165, 1.54) is 25.8 Å². The van der Waals surface area contributed by atoms with Crippen LogP contribution in [0.4, 0.5) is 0 Å². The van der Waals surface area contributed by atoms with Crippen molar-refractivity contribution < 1.29 is 9.53 Å². The highest BCUT2D eigenvalue weighted by Gasteiger charge is 2.14. The van der Waals surface area contributed by atoms with E-state index in [0.29, 0.717) is 13.0 Å². The molecular weight excluding hydrogens is 332 g/mol. The summed E-state index contributed by atoms with van der Waals surface area (Å²) < 4.78 is 5.04. The fraction of sp³-hybridized carbons (Fsp3) is 0.235. The minimum atomic E-state index is -0.123. The molecule has 0 saturated carbocycles. The average molecular weight is 349 g/mol. The number of hydrogen-bond donors (Lipinski definition) is 0. The van der Waals surface area contributed by atoms with Gasteiger partial charge >= 0.3 is 5.97 Å². The summed E-state index contributed by atoms with van der Waals surface area (Å²) in [5.41, 5.74) is 2.48. The van der Waals surface area contributed by atoms with Gasteiger partial charge in [0, 0.05) is 26.6 Å². The van der Waals surface area contributed by atoms with Gasteiger partial charge in [-0.15, -0.1) is 22.7 Å². The zero-order chi connectivity index (χ0) is 15.4. The standard InChI is InChI=1S/C17H16O2S3/c1-2-19-16(18)6-5-12-10-15(14-4-3-8-21-14)22-17(12)13-7-9-20-11-13/h3-4,7-11H,2,5-6H2,1H3. The largest absolute Gasteiger partial charge is 0.466 e. The molecule has 0 aliphatic heterocycles. The Morgan fingerprint density at radius 1 is 1.23 bits per heavy atom. The number of hydrogen-bond acceptors (Lipinski definition) is 5. The first-order valence-electron chi connectivity index (χ1n) is 7.12. The number of ether oxygens (including phenoxy) is 1. The van der Waals surface area contributed by atoms with E-state index in [2.05, 4.69) is 40.4 Å². The molecule has 3 aromatic heterocycles. The molecule has 22 heavy (non-hydrogen) atoms. The molecule has 3 rings (SSSR count). The Labute approximate surface area is 142 Å². The Kier molecular flexibility index (Phi) is 5.08. The van der Waals surface area contributed by atoms with E-state index in [4.69, 9.17) is 4.74 Å². The van der Waals surface area contributed by atoms with Gasteiger partial charge < -0.3 is 4.74 Å². The van der Waals surface area contributed by atoms with Crippen LogP contribution in [-0.4, -0.2) is 12.6 Å². The van der Waals surface area contributed by atoms with Gasteiger partial charge in [0.25, 0.3) is 0 Å². The van der Waals surface area contributed by atoms with E-state index in [-0.39, 0.29) is 5.97 Å². The van der Waals surface area contributed by atoms with Crippen molar-refractivity contribution in [1.29, 1.82) is 0 Å². The second-order valence-electron chi connectivity index (χ2n) is 4.76. The summed E-state index contributed by atoms with van der Waals surface area (Å²) >= 11 is 5.25. The summed E-state index contributed by atoms with van der Waals surface area (Å²) in [6.07, 6.45) is 1.16. The smallest absolute Gasteiger partial charge is 0.306 e. The van der Waals surface area contributed by atoms with Gasteiger partial charge in [0.05, 0.1) is 6.61 Å². The first-order valence-corrected chi connectivity index (χ1v) is 9.76. The van der Waals surface area contributed by atoms with Gasteiger partial charge in [0.1, 0.15) is 0 Å². The summed E-state index contributed by atoms with van der Waals surface area (Å²) in [7, 11) is 0. The lowest BCUT2D eigenvalue weighted by Crippen LogP contribution is -2.05. The molecule has 0 aromatic carbocycles. The van der Waals surface area contributed by atoms with Crippen LogP contribution in [0.25, 0.3) is 20.2 Å². The van der Waals surface area contributed by atoms with Crippen LogP contribution in [0.15, 0.2) is 40.4 Å². The number of rotatable bonds is 6. The van der Waals surface area contributed by atoms with E-state index in [1.54, 1.807) is 34.0 Å². The Bertz CT molecular complexity index is 724. The van der Waals surface area contributed by atoms with E-state index in [1.807, 2.05) is 6.92 Å². The topological polar surface area (TPSA) is 26.3 Å². The second-order valence-corrected chi connectivity index (χ2v) is 7.54.